The van der Waals surface area contributed by atoms with Gasteiger partial charge in [0.2, 0.25) is 0 Å². The van der Waals surface area contributed by atoms with E-state index < -0.39 is 11.6 Å². The van der Waals surface area contributed by atoms with Crippen molar-refractivity contribution in [3.05, 3.63) is 35.4 Å². The molecule has 0 heterocycles. The highest BCUT2D eigenvalue weighted by molar-refractivity contribution is 5.21. The molecule has 1 N–H and O–H groups in total. The largest absolute Gasteiger partial charge is 0.313 e. The van der Waals surface area contributed by atoms with Crippen LogP contribution in [0.3, 0.4) is 0 Å². The van der Waals surface area contributed by atoms with Crippen molar-refractivity contribution < 1.29 is 8.78 Å². The molecule has 0 aliphatic heterocycles. The molecule has 0 spiro atoms. The molecule has 0 amide bonds. The third-order valence-electron chi connectivity index (χ3n) is 2.50. The third-order valence-corrected chi connectivity index (χ3v) is 2.50. The fourth-order valence-corrected chi connectivity index (χ4v) is 1.64. The molecule has 2 nitrogen and oxygen atoms in total. The highest BCUT2D eigenvalue weighted by Gasteiger charge is 2.11. The Kier molecular flexibility index (Phi) is 4.83. The molecule has 4 heteroatoms. The van der Waals surface area contributed by atoms with Gasteiger partial charge in [-0.05, 0) is 51.8 Å². The lowest BCUT2D eigenvalue weighted by Crippen LogP contribution is -2.23. The number of hydrogen-bond donors (Lipinski definition) is 1. The highest BCUT2D eigenvalue weighted by Crippen LogP contribution is 2.19. The summed E-state index contributed by atoms with van der Waals surface area (Å²) in [4.78, 5) is 2.04. The predicted molar refractivity (Wildman–Crippen MR) is 61.3 cm³/mol. The molecule has 0 saturated heterocycles. The van der Waals surface area contributed by atoms with E-state index in [1.807, 2.05) is 19.0 Å². The van der Waals surface area contributed by atoms with Gasteiger partial charge in [-0.1, -0.05) is 0 Å². The minimum Gasteiger partial charge on any atom is -0.313 e. The van der Waals surface area contributed by atoms with Gasteiger partial charge in [0, 0.05) is 12.1 Å². The molecule has 0 aromatic heterocycles. The summed E-state index contributed by atoms with van der Waals surface area (Å²) in [5, 5.41) is 3.07. The summed E-state index contributed by atoms with van der Waals surface area (Å²) in [7, 11) is 5.74. The minimum atomic E-state index is -0.528. The highest BCUT2D eigenvalue weighted by atomic mass is 19.1. The maximum absolute atomic E-state index is 13.0. The lowest BCUT2D eigenvalue weighted by molar-refractivity contribution is 0.367. The van der Waals surface area contributed by atoms with Crippen LogP contribution in [0.2, 0.25) is 0 Å². The molecule has 0 bridgehead atoms. The van der Waals surface area contributed by atoms with Gasteiger partial charge in [-0.2, -0.15) is 0 Å². The molecule has 16 heavy (non-hydrogen) atoms. The van der Waals surface area contributed by atoms with Gasteiger partial charge >= 0.3 is 0 Å². The maximum atomic E-state index is 13.0. The van der Waals surface area contributed by atoms with Crippen LogP contribution < -0.4 is 5.32 Å². The van der Waals surface area contributed by atoms with E-state index in [9.17, 15) is 8.78 Å². The SMILES string of the molecule is CNC(CCN(C)C)c1cc(F)cc(F)c1. The third kappa shape index (κ3) is 3.87. The quantitative estimate of drug-likeness (QED) is 0.831. The Hall–Kier alpha value is -1.00. The summed E-state index contributed by atoms with van der Waals surface area (Å²) in [6.45, 7) is 0.865. The molecule has 1 aromatic rings. The zero-order valence-electron chi connectivity index (χ0n) is 9.93. The Morgan fingerprint density at radius 2 is 1.75 bits per heavy atom. The topological polar surface area (TPSA) is 15.3 Å². The summed E-state index contributed by atoms with van der Waals surface area (Å²) in [6.07, 6.45) is 0.812. The smallest absolute Gasteiger partial charge is 0.126 e. The first-order chi connectivity index (χ1) is 7.52. The predicted octanol–water partition coefficient (Wildman–Crippen LogP) is 2.18. The van der Waals surface area contributed by atoms with Crippen molar-refractivity contribution in [2.24, 2.45) is 0 Å². The first-order valence-corrected chi connectivity index (χ1v) is 5.31. The van der Waals surface area contributed by atoms with Crippen LogP contribution in [0.15, 0.2) is 18.2 Å². The normalized spacial score (nSPS) is 13.1. The van der Waals surface area contributed by atoms with Gasteiger partial charge in [0.1, 0.15) is 11.6 Å². The Bertz CT molecular complexity index is 320. The van der Waals surface area contributed by atoms with Crippen LogP contribution in [0.1, 0.15) is 18.0 Å². The van der Waals surface area contributed by atoms with Crippen molar-refractivity contribution >= 4 is 0 Å². The molecule has 0 aliphatic carbocycles. The van der Waals surface area contributed by atoms with Gasteiger partial charge in [0.05, 0.1) is 0 Å². The second kappa shape index (κ2) is 5.92. The fourth-order valence-electron chi connectivity index (χ4n) is 1.64. The molecule has 1 atom stereocenters. The van der Waals surface area contributed by atoms with E-state index in [-0.39, 0.29) is 6.04 Å². The molecule has 0 fully saturated rings. The van der Waals surface area contributed by atoms with Crippen molar-refractivity contribution in [3.8, 4) is 0 Å². The second-order valence-corrected chi connectivity index (χ2v) is 4.14. The molecule has 0 radical (unpaired) electrons. The first kappa shape index (κ1) is 13.1. The van der Waals surface area contributed by atoms with Gasteiger partial charge in [0.15, 0.2) is 0 Å². The van der Waals surface area contributed by atoms with Crippen molar-refractivity contribution in [3.63, 3.8) is 0 Å². The van der Waals surface area contributed by atoms with Gasteiger partial charge in [-0.3, -0.25) is 0 Å². The lowest BCUT2D eigenvalue weighted by Gasteiger charge is -2.19. The Balaban J connectivity index is 2.78. The standard InChI is InChI=1S/C12H18F2N2/c1-15-12(4-5-16(2)3)9-6-10(13)8-11(14)7-9/h6-8,12,15H,4-5H2,1-3H3. The molecular formula is C12H18F2N2. The van der Waals surface area contributed by atoms with Gasteiger partial charge in [-0.15, -0.1) is 0 Å². The van der Waals surface area contributed by atoms with E-state index in [1.54, 1.807) is 7.05 Å². The number of benzene rings is 1. The van der Waals surface area contributed by atoms with Crippen LogP contribution in [-0.2, 0) is 0 Å². The second-order valence-electron chi connectivity index (χ2n) is 4.14. The van der Waals surface area contributed by atoms with E-state index in [4.69, 9.17) is 0 Å². The minimum absolute atomic E-state index is 0.0207. The van der Waals surface area contributed by atoms with Crippen molar-refractivity contribution in [1.29, 1.82) is 0 Å². The average molecular weight is 228 g/mol. The van der Waals surface area contributed by atoms with E-state index >= 15 is 0 Å². The molecule has 1 rings (SSSR count). The number of halogens is 2. The summed E-state index contributed by atoms with van der Waals surface area (Å²) in [5.74, 6) is -1.06. The summed E-state index contributed by atoms with van der Waals surface area (Å²) in [6, 6.07) is 3.62. The molecule has 90 valence electrons. The maximum Gasteiger partial charge on any atom is 0.126 e. The molecule has 1 unspecified atom stereocenters. The summed E-state index contributed by atoms with van der Waals surface area (Å²) in [5.41, 5.74) is 0.654. The van der Waals surface area contributed by atoms with Gasteiger partial charge in [-0.25, -0.2) is 8.78 Å². The van der Waals surface area contributed by atoms with E-state index in [0.29, 0.717) is 5.56 Å². The molecular weight excluding hydrogens is 210 g/mol. The summed E-state index contributed by atoms with van der Waals surface area (Å²) < 4.78 is 26.1. The van der Waals surface area contributed by atoms with Crippen LogP contribution in [-0.4, -0.2) is 32.6 Å². The number of hydrogen-bond acceptors (Lipinski definition) is 2. The Morgan fingerprint density at radius 1 is 1.19 bits per heavy atom. The molecule has 0 aliphatic rings. The number of nitrogens with zero attached hydrogens (tertiary/aromatic N) is 1. The van der Waals surface area contributed by atoms with Gasteiger partial charge in [0.25, 0.3) is 0 Å². The van der Waals surface area contributed by atoms with E-state index in [1.165, 1.54) is 12.1 Å². The first-order valence-electron chi connectivity index (χ1n) is 5.31. The van der Waals surface area contributed by atoms with Crippen molar-refractivity contribution in [2.75, 3.05) is 27.7 Å². The zero-order chi connectivity index (χ0) is 12.1. The number of rotatable bonds is 5. The number of nitrogens with one attached hydrogen (secondary N) is 1. The zero-order valence-corrected chi connectivity index (χ0v) is 9.93. The lowest BCUT2D eigenvalue weighted by atomic mass is 10.0. The average Bonchev–Trinajstić information content (AvgIpc) is 2.16. The monoisotopic (exact) mass is 228 g/mol. The van der Waals surface area contributed by atoms with Crippen molar-refractivity contribution in [2.45, 2.75) is 12.5 Å². The van der Waals surface area contributed by atoms with Crippen LogP contribution in [0, 0.1) is 11.6 Å². The van der Waals surface area contributed by atoms with Crippen LogP contribution in [0.4, 0.5) is 8.78 Å². The van der Waals surface area contributed by atoms with Crippen LogP contribution in [0.5, 0.6) is 0 Å². The fraction of sp³-hybridized carbons (Fsp3) is 0.500. The molecule has 1 aromatic carbocycles. The molecule has 0 saturated carbocycles. The van der Waals surface area contributed by atoms with Crippen molar-refractivity contribution in [1.82, 2.24) is 10.2 Å². The van der Waals surface area contributed by atoms with E-state index in [0.717, 1.165) is 19.0 Å². The van der Waals surface area contributed by atoms with Gasteiger partial charge < -0.3 is 10.2 Å². The summed E-state index contributed by atoms with van der Waals surface area (Å²) >= 11 is 0. The van der Waals surface area contributed by atoms with E-state index in [2.05, 4.69) is 5.32 Å². The Morgan fingerprint density at radius 3 is 2.19 bits per heavy atom. The van der Waals surface area contributed by atoms with Crippen LogP contribution in [0.25, 0.3) is 0 Å². The van der Waals surface area contributed by atoms with Crippen LogP contribution >= 0.6 is 0 Å². The Labute approximate surface area is 95.3 Å².